The van der Waals surface area contributed by atoms with Gasteiger partial charge in [0.2, 0.25) is 0 Å². The fraction of sp³-hybridized carbons (Fsp3) is 0.154. The van der Waals surface area contributed by atoms with Crippen LogP contribution in [0.25, 0.3) is 5.57 Å². The first-order chi connectivity index (χ1) is 15.6. The summed E-state index contributed by atoms with van der Waals surface area (Å²) < 4.78 is 19.2. The van der Waals surface area contributed by atoms with E-state index in [1.54, 1.807) is 24.3 Å². The highest BCUT2D eigenvalue weighted by Crippen LogP contribution is 2.40. The summed E-state index contributed by atoms with van der Waals surface area (Å²) in [5.74, 6) is -0.0819. The van der Waals surface area contributed by atoms with E-state index >= 15 is 0 Å². The maximum atomic E-state index is 13.5. The molecule has 0 N–H and O–H groups in total. The van der Waals surface area contributed by atoms with E-state index in [0.717, 1.165) is 12.0 Å². The van der Waals surface area contributed by atoms with E-state index in [1.165, 1.54) is 40.9 Å². The molecule has 2 amide bonds. The van der Waals surface area contributed by atoms with Crippen LogP contribution in [0.4, 0.5) is 10.1 Å². The Morgan fingerprint density at radius 2 is 1.66 bits per heavy atom. The van der Waals surface area contributed by atoms with Crippen molar-refractivity contribution < 1.29 is 18.7 Å². The maximum Gasteiger partial charge on any atom is 0.272 e. The van der Waals surface area contributed by atoms with Crippen LogP contribution in [0.2, 0.25) is 0 Å². The third-order valence-corrected chi connectivity index (χ3v) is 6.09. The molecule has 0 fully saturated rings. The summed E-state index contributed by atoms with van der Waals surface area (Å²) in [6, 6.07) is 22.3. The van der Waals surface area contributed by atoms with Gasteiger partial charge in [-0.3, -0.25) is 9.59 Å². The van der Waals surface area contributed by atoms with Crippen molar-refractivity contribution in [1.29, 1.82) is 0 Å². The fourth-order valence-electron chi connectivity index (χ4n) is 3.41. The van der Waals surface area contributed by atoms with Crippen LogP contribution in [-0.2, 0) is 15.3 Å². The van der Waals surface area contributed by atoms with Crippen LogP contribution in [0.5, 0.6) is 5.75 Å². The molecule has 0 spiro atoms. The Bertz CT molecular complexity index is 1160. The molecule has 6 heteroatoms. The maximum absolute atomic E-state index is 13.5. The molecule has 1 heterocycles. The molecule has 0 aliphatic carbocycles. The SMILES string of the molecule is CCCOc1cccc(N2C(=O)C(SCc3ccccc3)=C(c3ccc(F)cc3)C2=O)c1. The van der Waals surface area contributed by atoms with Crippen molar-refractivity contribution in [3.63, 3.8) is 0 Å². The molecule has 4 nitrogen and oxygen atoms in total. The molecule has 0 radical (unpaired) electrons. The highest BCUT2D eigenvalue weighted by Gasteiger charge is 2.40. The van der Waals surface area contributed by atoms with Crippen molar-refractivity contribution in [3.05, 3.63) is 101 Å². The summed E-state index contributed by atoms with van der Waals surface area (Å²) in [4.78, 5) is 28.4. The molecule has 0 aromatic heterocycles. The summed E-state index contributed by atoms with van der Waals surface area (Å²) >= 11 is 1.32. The van der Waals surface area contributed by atoms with Crippen LogP contribution in [0, 0.1) is 5.82 Å². The van der Waals surface area contributed by atoms with E-state index in [4.69, 9.17) is 4.74 Å². The molecule has 0 saturated heterocycles. The van der Waals surface area contributed by atoms with Crippen LogP contribution in [-0.4, -0.2) is 18.4 Å². The number of rotatable bonds is 8. The fourth-order valence-corrected chi connectivity index (χ4v) is 4.48. The molecule has 0 unspecified atom stereocenters. The largest absolute Gasteiger partial charge is 0.494 e. The van der Waals surface area contributed by atoms with Gasteiger partial charge in [0.05, 0.1) is 22.8 Å². The minimum atomic E-state index is -0.426. The molecular weight excluding hydrogens is 425 g/mol. The van der Waals surface area contributed by atoms with Crippen LogP contribution >= 0.6 is 11.8 Å². The Labute approximate surface area is 190 Å². The van der Waals surface area contributed by atoms with Gasteiger partial charge in [0.25, 0.3) is 11.8 Å². The number of ether oxygens (including phenoxy) is 1. The standard InChI is InChI=1S/C26H22FNO3S/c1-2-15-31-22-10-6-9-21(16-22)28-25(29)23(19-11-13-20(27)14-12-19)24(26(28)30)32-17-18-7-4-3-5-8-18/h3-14,16H,2,15,17H2,1H3. The lowest BCUT2D eigenvalue weighted by Crippen LogP contribution is -2.31. The number of carbonyl (C=O) groups is 2. The van der Waals surface area contributed by atoms with Crippen molar-refractivity contribution in [2.75, 3.05) is 11.5 Å². The molecule has 3 aromatic rings. The molecule has 0 bridgehead atoms. The second-order valence-corrected chi connectivity index (χ2v) is 8.26. The summed E-state index contributed by atoms with van der Waals surface area (Å²) in [6.07, 6.45) is 0.850. The molecule has 4 rings (SSSR count). The smallest absolute Gasteiger partial charge is 0.272 e. The van der Waals surface area contributed by atoms with Crippen LogP contribution in [0.3, 0.4) is 0 Å². The predicted octanol–water partition coefficient (Wildman–Crippen LogP) is 5.83. The average Bonchev–Trinajstić information content (AvgIpc) is 3.07. The van der Waals surface area contributed by atoms with Crippen LogP contribution < -0.4 is 9.64 Å². The number of thioether (sulfide) groups is 1. The van der Waals surface area contributed by atoms with Gasteiger partial charge in [-0.1, -0.05) is 55.5 Å². The first-order valence-corrected chi connectivity index (χ1v) is 11.4. The predicted molar refractivity (Wildman–Crippen MR) is 126 cm³/mol. The Hall–Kier alpha value is -3.38. The summed E-state index contributed by atoms with van der Waals surface area (Å²) in [6.45, 7) is 2.55. The summed E-state index contributed by atoms with van der Waals surface area (Å²) in [5.41, 5.74) is 2.29. The van der Waals surface area contributed by atoms with E-state index in [-0.39, 0.29) is 11.5 Å². The quantitative estimate of drug-likeness (QED) is 0.408. The Morgan fingerprint density at radius 3 is 2.38 bits per heavy atom. The van der Waals surface area contributed by atoms with E-state index in [2.05, 4.69) is 0 Å². The highest BCUT2D eigenvalue weighted by molar-refractivity contribution is 8.03. The second-order valence-electron chi connectivity index (χ2n) is 7.28. The van der Waals surface area contributed by atoms with Gasteiger partial charge in [0, 0.05) is 11.8 Å². The first-order valence-electron chi connectivity index (χ1n) is 10.4. The molecule has 1 aliphatic heterocycles. The number of anilines is 1. The Kier molecular flexibility index (Phi) is 6.71. The zero-order chi connectivity index (χ0) is 22.5. The number of halogens is 1. The van der Waals surface area contributed by atoms with E-state index in [1.807, 2.05) is 37.3 Å². The van der Waals surface area contributed by atoms with Gasteiger partial charge in [-0.15, -0.1) is 11.8 Å². The summed E-state index contributed by atoms with van der Waals surface area (Å²) in [7, 11) is 0. The number of carbonyl (C=O) groups excluding carboxylic acids is 2. The van der Waals surface area contributed by atoms with E-state index in [9.17, 15) is 14.0 Å². The number of nitrogens with zero attached hydrogens (tertiary/aromatic N) is 1. The first kappa shape index (κ1) is 21.8. The normalized spacial score (nSPS) is 13.8. The second kappa shape index (κ2) is 9.83. The van der Waals surface area contributed by atoms with Crippen molar-refractivity contribution in [1.82, 2.24) is 0 Å². The Morgan fingerprint density at radius 1 is 0.906 bits per heavy atom. The molecule has 0 saturated carbocycles. The molecule has 3 aromatic carbocycles. The molecule has 32 heavy (non-hydrogen) atoms. The minimum Gasteiger partial charge on any atom is -0.494 e. The molecule has 0 atom stereocenters. The lowest BCUT2D eigenvalue weighted by Gasteiger charge is -2.16. The monoisotopic (exact) mass is 447 g/mol. The summed E-state index contributed by atoms with van der Waals surface area (Å²) in [5, 5.41) is 0. The van der Waals surface area contributed by atoms with Crippen molar-refractivity contribution in [2.24, 2.45) is 0 Å². The zero-order valence-corrected chi connectivity index (χ0v) is 18.4. The van der Waals surface area contributed by atoms with Gasteiger partial charge in [-0.2, -0.15) is 0 Å². The third kappa shape index (κ3) is 4.60. The van der Waals surface area contributed by atoms with Gasteiger partial charge >= 0.3 is 0 Å². The lowest BCUT2D eigenvalue weighted by atomic mass is 10.1. The van der Waals surface area contributed by atoms with Crippen molar-refractivity contribution in [2.45, 2.75) is 19.1 Å². The molecular formula is C26H22FNO3S. The van der Waals surface area contributed by atoms with Gasteiger partial charge < -0.3 is 4.74 Å². The number of hydrogen-bond donors (Lipinski definition) is 0. The van der Waals surface area contributed by atoms with Gasteiger partial charge in [0.1, 0.15) is 11.6 Å². The number of hydrogen-bond acceptors (Lipinski definition) is 4. The van der Waals surface area contributed by atoms with Crippen molar-refractivity contribution >= 4 is 34.8 Å². The zero-order valence-electron chi connectivity index (χ0n) is 17.6. The molecule has 1 aliphatic rings. The minimum absolute atomic E-state index is 0.288. The van der Waals surface area contributed by atoms with Crippen molar-refractivity contribution in [3.8, 4) is 5.75 Å². The van der Waals surface area contributed by atoms with Crippen LogP contribution in [0.1, 0.15) is 24.5 Å². The highest BCUT2D eigenvalue weighted by atomic mass is 32.2. The van der Waals surface area contributed by atoms with Crippen LogP contribution in [0.15, 0.2) is 83.8 Å². The van der Waals surface area contributed by atoms with E-state index < -0.39 is 11.7 Å². The van der Waals surface area contributed by atoms with E-state index in [0.29, 0.717) is 34.3 Å². The molecule has 162 valence electrons. The topological polar surface area (TPSA) is 46.6 Å². The third-order valence-electron chi connectivity index (χ3n) is 4.95. The Balaban J connectivity index is 1.70. The van der Waals surface area contributed by atoms with Gasteiger partial charge in [-0.25, -0.2) is 9.29 Å². The number of benzene rings is 3. The lowest BCUT2D eigenvalue weighted by molar-refractivity contribution is -0.119. The van der Waals surface area contributed by atoms with Gasteiger partial charge in [-0.05, 0) is 41.8 Å². The average molecular weight is 448 g/mol. The number of amides is 2. The number of imide groups is 1. The van der Waals surface area contributed by atoms with Gasteiger partial charge in [0.15, 0.2) is 0 Å².